The van der Waals surface area contributed by atoms with E-state index < -0.39 is 0 Å². The lowest BCUT2D eigenvalue weighted by Gasteiger charge is -2.01. The van der Waals surface area contributed by atoms with E-state index in [0.29, 0.717) is 5.39 Å². The summed E-state index contributed by atoms with van der Waals surface area (Å²) < 4.78 is 24.8. The van der Waals surface area contributed by atoms with Crippen LogP contribution in [0.2, 0.25) is 0 Å². The molecule has 6 heteroatoms. The van der Waals surface area contributed by atoms with Crippen LogP contribution in [0.4, 0.5) is 10.1 Å². The second-order valence-corrected chi connectivity index (χ2v) is 4.81. The molecule has 0 aliphatic heterocycles. The van der Waals surface area contributed by atoms with Crippen LogP contribution in [0.15, 0.2) is 51.4 Å². The fraction of sp³-hybridized carbons (Fsp3) is 0.0714. The minimum absolute atomic E-state index is 0.235. The van der Waals surface area contributed by atoms with Crippen molar-refractivity contribution in [1.82, 2.24) is 0 Å². The molecule has 0 radical (unpaired) electrons. The van der Waals surface area contributed by atoms with Crippen LogP contribution < -0.4 is 15.7 Å². The third kappa shape index (κ3) is 2.37. The lowest BCUT2D eigenvalue weighted by atomic mass is 10.3. The second-order valence-electron chi connectivity index (χ2n) is 4.04. The van der Waals surface area contributed by atoms with Gasteiger partial charge in [-0.05, 0) is 36.4 Å². The van der Waals surface area contributed by atoms with Gasteiger partial charge in [0, 0.05) is 11.6 Å². The highest BCUT2D eigenvalue weighted by Gasteiger charge is 2.07. The molecular weight excluding hydrogens is 279 g/mol. The highest BCUT2D eigenvalue weighted by atomic mass is 32.1. The van der Waals surface area contributed by atoms with E-state index in [2.05, 4.69) is 10.5 Å². The van der Waals surface area contributed by atoms with E-state index in [-0.39, 0.29) is 11.4 Å². The number of rotatable bonds is 3. The lowest BCUT2D eigenvalue weighted by Crippen LogP contribution is -2.03. The van der Waals surface area contributed by atoms with Gasteiger partial charge in [0.05, 0.1) is 22.9 Å². The SMILES string of the molecule is COc1ccc(N/N=c2\osc3cccc(F)c23)cc1. The van der Waals surface area contributed by atoms with Crippen LogP contribution in [0.25, 0.3) is 10.1 Å². The van der Waals surface area contributed by atoms with Gasteiger partial charge in [-0.3, -0.25) is 5.43 Å². The van der Waals surface area contributed by atoms with Crippen molar-refractivity contribution in [2.45, 2.75) is 0 Å². The summed E-state index contributed by atoms with van der Waals surface area (Å²) in [6, 6.07) is 12.1. The number of hydrogen-bond donors (Lipinski definition) is 1. The summed E-state index contributed by atoms with van der Waals surface area (Å²) in [5.74, 6) is 0.412. The lowest BCUT2D eigenvalue weighted by molar-refractivity contribution is 0.415. The highest BCUT2D eigenvalue weighted by molar-refractivity contribution is 7.10. The predicted octanol–water partition coefficient (Wildman–Crippen LogP) is 3.57. The van der Waals surface area contributed by atoms with Gasteiger partial charge in [-0.15, -0.1) is 5.10 Å². The zero-order valence-electron chi connectivity index (χ0n) is 10.6. The summed E-state index contributed by atoms with van der Waals surface area (Å²) in [5.41, 5.74) is 3.83. The zero-order chi connectivity index (χ0) is 13.9. The number of halogens is 1. The maximum Gasteiger partial charge on any atom is 0.262 e. The summed E-state index contributed by atoms with van der Waals surface area (Å²) in [6.07, 6.45) is 0. The van der Waals surface area contributed by atoms with Crippen molar-refractivity contribution in [2.24, 2.45) is 5.10 Å². The van der Waals surface area contributed by atoms with Crippen molar-refractivity contribution in [2.75, 3.05) is 12.5 Å². The molecule has 0 fully saturated rings. The summed E-state index contributed by atoms with van der Waals surface area (Å²) in [7, 11) is 1.60. The Balaban J connectivity index is 1.94. The predicted molar refractivity (Wildman–Crippen MR) is 76.2 cm³/mol. The Morgan fingerprint density at radius 3 is 2.75 bits per heavy atom. The molecule has 0 bridgehead atoms. The quantitative estimate of drug-likeness (QED) is 0.750. The summed E-state index contributed by atoms with van der Waals surface area (Å²) in [5, 5.41) is 4.48. The van der Waals surface area contributed by atoms with Gasteiger partial charge in [-0.25, -0.2) is 4.39 Å². The van der Waals surface area contributed by atoms with Gasteiger partial charge >= 0.3 is 0 Å². The van der Waals surface area contributed by atoms with Crippen molar-refractivity contribution in [3.8, 4) is 5.75 Å². The topological polar surface area (TPSA) is 46.8 Å². The van der Waals surface area contributed by atoms with E-state index in [4.69, 9.17) is 8.59 Å². The first kappa shape index (κ1) is 12.7. The second kappa shape index (κ2) is 5.34. The summed E-state index contributed by atoms with van der Waals surface area (Å²) in [4.78, 5) is 0. The molecule has 102 valence electrons. The van der Waals surface area contributed by atoms with E-state index in [9.17, 15) is 4.39 Å². The molecule has 2 aromatic carbocycles. The minimum Gasteiger partial charge on any atom is -0.497 e. The van der Waals surface area contributed by atoms with Crippen molar-refractivity contribution < 1.29 is 13.0 Å². The van der Waals surface area contributed by atoms with Crippen LogP contribution in [0, 0.1) is 5.82 Å². The van der Waals surface area contributed by atoms with Gasteiger partial charge in [-0.2, -0.15) is 0 Å². The Kier molecular flexibility index (Phi) is 3.39. The van der Waals surface area contributed by atoms with Crippen LogP contribution in [0.5, 0.6) is 5.75 Å². The van der Waals surface area contributed by atoms with Gasteiger partial charge in [0.25, 0.3) is 5.55 Å². The first-order chi connectivity index (χ1) is 9.78. The van der Waals surface area contributed by atoms with Crippen molar-refractivity contribution in [3.63, 3.8) is 0 Å². The van der Waals surface area contributed by atoms with Gasteiger partial charge in [-0.1, -0.05) is 6.07 Å². The third-order valence-corrected chi connectivity index (χ3v) is 3.54. The van der Waals surface area contributed by atoms with Gasteiger partial charge in [0.1, 0.15) is 11.6 Å². The van der Waals surface area contributed by atoms with Gasteiger partial charge in [0.15, 0.2) is 0 Å². The molecule has 3 rings (SSSR count). The number of nitrogens with zero attached hydrogens (tertiary/aromatic N) is 1. The maximum absolute atomic E-state index is 13.7. The van der Waals surface area contributed by atoms with Crippen molar-refractivity contribution in [3.05, 3.63) is 53.8 Å². The fourth-order valence-corrected chi connectivity index (χ4v) is 2.45. The molecule has 0 saturated carbocycles. The number of anilines is 1. The van der Waals surface area contributed by atoms with Gasteiger partial charge in [0.2, 0.25) is 0 Å². The molecule has 20 heavy (non-hydrogen) atoms. The molecule has 0 saturated heterocycles. The molecule has 0 spiro atoms. The van der Waals surface area contributed by atoms with Crippen LogP contribution in [0.3, 0.4) is 0 Å². The molecule has 3 aromatic rings. The molecule has 0 amide bonds. The van der Waals surface area contributed by atoms with E-state index in [0.717, 1.165) is 27.8 Å². The molecular formula is C14H11FN2O2S. The maximum atomic E-state index is 13.7. The molecule has 1 N–H and O–H groups in total. The largest absolute Gasteiger partial charge is 0.497 e. The standard InChI is InChI=1S/C14H11FN2O2S/c1-18-10-7-5-9(6-8-10)16-17-14-13-11(15)3-2-4-12(13)20-19-14/h2-8,16H,1H3/b17-14-. The van der Waals surface area contributed by atoms with Crippen LogP contribution in [-0.4, -0.2) is 7.11 Å². The Bertz CT molecular complexity index is 793. The number of fused-ring (bicyclic) bond motifs is 1. The van der Waals surface area contributed by atoms with Crippen molar-refractivity contribution >= 4 is 27.4 Å². The number of ether oxygens (including phenoxy) is 1. The zero-order valence-corrected chi connectivity index (χ0v) is 11.4. The smallest absolute Gasteiger partial charge is 0.262 e. The number of hydrogen-bond acceptors (Lipinski definition) is 5. The molecule has 0 atom stereocenters. The molecule has 4 nitrogen and oxygen atoms in total. The normalized spacial score (nSPS) is 11.8. The average molecular weight is 290 g/mol. The number of nitrogens with one attached hydrogen (secondary N) is 1. The third-order valence-electron chi connectivity index (χ3n) is 2.78. The first-order valence-electron chi connectivity index (χ1n) is 5.89. The fourth-order valence-electron chi connectivity index (χ4n) is 1.76. The van der Waals surface area contributed by atoms with E-state index in [1.165, 1.54) is 6.07 Å². The molecule has 0 aliphatic carbocycles. The van der Waals surface area contributed by atoms with E-state index in [1.54, 1.807) is 31.4 Å². The van der Waals surface area contributed by atoms with Gasteiger partial charge < -0.3 is 8.59 Å². The summed E-state index contributed by atoms with van der Waals surface area (Å²) in [6.45, 7) is 0. The first-order valence-corrected chi connectivity index (χ1v) is 6.63. The number of methoxy groups -OCH3 is 1. The van der Waals surface area contributed by atoms with Crippen LogP contribution in [-0.2, 0) is 0 Å². The number of benzene rings is 2. The minimum atomic E-state index is -0.345. The highest BCUT2D eigenvalue weighted by Crippen LogP contribution is 2.19. The monoisotopic (exact) mass is 290 g/mol. The van der Waals surface area contributed by atoms with Crippen LogP contribution in [0.1, 0.15) is 0 Å². The Labute approximate surface area is 118 Å². The van der Waals surface area contributed by atoms with E-state index in [1.807, 2.05) is 12.1 Å². The Hall–Kier alpha value is -2.34. The average Bonchev–Trinajstić information content (AvgIpc) is 2.90. The molecule has 1 heterocycles. The Morgan fingerprint density at radius 1 is 1.20 bits per heavy atom. The Morgan fingerprint density at radius 2 is 2.00 bits per heavy atom. The molecule has 1 aromatic heterocycles. The van der Waals surface area contributed by atoms with E-state index >= 15 is 0 Å². The molecule has 0 unspecified atom stereocenters. The van der Waals surface area contributed by atoms with Crippen molar-refractivity contribution in [1.29, 1.82) is 0 Å². The molecule has 0 aliphatic rings. The summed E-state index contributed by atoms with van der Waals surface area (Å²) >= 11 is 1.10. The van der Waals surface area contributed by atoms with Crippen LogP contribution >= 0.6 is 11.6 Å².